The predicted octanol–water partition coefficient (Wildman–Crippen LogP) is 4.81. The summed E-state index contributed by atoms with van der Waals surface area (Å²) >= 11 is 0. The topological polar surface area (TPSA) is 50.4 Å². The molecule has 6 heteroatoms. The summed E-state index contributed by atoms with van der Waals surface area (Å²) < 4.78 is 32.0. The Kier molecular flexibility index (Phi) is 5.43. The quantitative estimate of drug-likeness (QED) is 0.668. The average Bonchev–Trinajstić information content (AvgIpc) is 2.64. The fraction of sp³-hybridized carbons (Fsp3) is 0.0500. The van der Waals surface area contributed by atoms with Crippen LogP contribution in [0.1, 0.15) is 0 Å². The van der Waals surface area contributed by atoms with E-state index >= 15 is 0 Å². The summed E-state index contributed by atoms with van der Waals surface area (Å²) in [5, 5.41) is 5.31. The highest BCUT2D eigenvalue weighted by Crippen LogP contribution is 2.22. The summed E-state index contributed by atoms with van der Waals surface area (Å²) in [7, 11) is 0. The lowest BCUT2D eigenvalue weighted by Gasteiger charge is -2.10. The number of para-hydroxylation sites is 1. The molecule has 0 spiro atoms. The van der Waals surface area contributed by atoms with E-state index in [0.29, 0.717) is 17.5 Å². The highest BCUT2D eigenvalue weighted by molar-refractivity contribution is 5.93. The van der Waals surface area contributed by atoms with Crippen LogP contribution in [0.5, 0.6) is 11.5 Å². The molecule has 132 valence electrons. The van der Waals surface area contributed by atoms with Crippen LogP contribution in [-0.2, 0) is 4.79 Å². The lowest BCUT2D eigenvalue weighted by Crippen LogP contribution is -2.22. The maximum atomic E-state index is 13.5. The van der Waals surface area contributed by atoms with Crippen molar-refractivity contribution in [1.29, 1.82) is 0 Å². The molecular weight excluding hydrogens is 338 g/mol. The molecule has 0 aromatic heterocycles. The van der Waals surface area contributed by atoms with E-state index < -0.39 is 17.5 Å². The van der Waals surface area contributed by atoms with Crippen molar-refractivity contribution in [3.05, 3.63) is 84.4 Å². The zero-order valence-electron chi connectivity index (χ0n) is 13.7. The van der Waals surface area contributed by atoms with E-state index in [4.69, 9.17) is 4.74 Å². The van der Waals surface area contributed by atoms with Crippen LogP contribution in [0.4, 0.5) is 20.2 Å². The van der Waals surface area contributed by atoms with Crippen LogP contribution in [0.15, 0.2) is 72.8 Å². The maximum Gasteiger partial charge on any atom is 0.243 e. The van der Waals surface area contributed by atoms with E-state index in [-0.39, 0.29) is 12.2 Å². The van der Waals surface area contributed by atoms with Gasteiger partial charge in [-0.25, -0.2) is 8.78 Å². The lowest BCUT2D eigenvalue weighted by atomic mass is 10.3. The van der Waals surface area contributed by atoms with Crippen molar-refractivity contribution in [2.24, 2.45) is 0 Å². The first-order chi connectivity index (χ1) is 12.6. The van der Waals surface area contributed by atoms with Crippen LogP contribution < -0.4 is 15.4 Å². The predicted molar refractivity (Wildman–Crippen MR) is 96.4 cm³/mol. The third-order valence-electron chi connectivity index (χ3n) is 3.49. The lowest BCUT2D eigenvalue weighted by molar-refractivity contribution is -0.114. The molecule has 4 nitrogen and oxygen atoms in total. The first-order valence-electron chi connectivity index (χ1n) is 7.92. The first kappa shape index (κ1) is 17.4. The molecule has 0 aliphatic heterocycles. The highest BCUT2D eigenvalue weighted by Gasteiger charge is 2.08. The summed E-state index contributed by atoms with van der Waals surface area (Å²) in [5.74, 6) is -0.564. The van der Waals surface area contributed by atoms with Gasteiger partial charge in [0.1, 0.15) is 23.1 Å². The first-order valence-corrected chi connectivity index (χ1v) is 7.92. The van der Waals surface area contributed by atoms with E-state index in [1.807, 2.05) is 30.3 Å². The second-order valence-corrected chi connectivity index (χ2v) is 5.47. The van der Waals surface area contributed by atoms with Gasteiger partial charge in [0.15, 0.2) is 0 Å². The number of anilines is 2. The Morgan fingerprint density at radius 3 is 2.27 bits per heavy atom. The minimum Gasteiger partial charge on any atom is -0.457 e. The Morgan fingerprint density at radius 2 is 1.58 bits per heavy atom. The van der Waals surface area contributed by atoms with E-state index in [1.165, 1.54) is 6.07 Å². The normalized spacial score (nSPS) is 10.2. The molecule has 3 aromatic rings. The van der Waals surface area contributed by atoms with E-state index in [1.54, 1.807) is 24.3 Å². The number of hydrogen-bond donors (Lipinski definition) is 2. The Bertz CT molecular complexity index is 884. The second kappa shape index (κ2) is 8.11. The summed E-state index contributed by atoms with van der Waals surface area (Å²) in [5.41, 5.74) is 0.643. The molecule has 0 unspecified atom stereocenters. The number of benzene rings is 3. The number of amides is 1. The van der Waals surface area contributed by atoms with Crippen molar-refractivity contribution in [1.82, 2.24) is 0 Å². The largest absolute Gasteiger partial charge is 0.457 e. The number of hydrogen-bond acceptors (Lipinski definition) is 3. The van der Waals surface area contributed by atoms with Gasteiger partial charge in [-0.2, -0.15) is 0 Å². The van der Waals surface area contributed by atoms with Crippen LogP contribution in [0.25, 0.3) is 0 Å². The van der Waals surface area contributed by atoms with Crippen LogP contribution in [0, 0.1) is 11.6 Å². The van der Waals surface area contributed by atoms with Crippen molar-refractivity contribution in [3.63, 3.8) is 0 Å². The van der Waals surface area contributed by atoms with Crippen molar-refractivity contribution in [3.8, 4) is 11.5 Å². The summed E-state index contributed by atoms with van der Waals surface area (Å²) in [4.78, 5) is 11.9. The van der Waals surface area contributed by atoms with Crippen LogP contribution in [0.3, 0.4) is 0 Å². The molecule has 3 aromatic carbocycles. The third-order valence-corrected chi connectivity index (χ3v) is 3.49. The Hall–Kier alpha value is -3.41. The van der Waals surface area contributed by atoms with Crippen molar-refractivity contribution in [2.75, 3.05) is 17.2 Å². The number of ether oxygens (including phenoxy) is 1. The fourth-order valence-electron chi connectivity index (χ4n) is 2.23. The number of rotatable bonds is 6. The van der Waals surface area contributed by atoms with Gasteiger partial charge in [0, 0.05) is 11.8 Å². The third kappa shape index (κ3) is 4.80. The van der Waals surface area contributed by atoms with Gasteiger partial charge in [-0.1, -0.05) is 18.2 Å². The number of halogens is 2. The zero-order valence-corrected chi connectivity index (χ0v) is 13.7. The number of carbonyl (C=O) groups excluding carboxylic acids is 1. The monoisotopic (exact) mass is 354 g/mol. The molecule has 0 atom stereocenters. The summed E-state index contributed by atoms with van der Waals surface area (Å²) in [6.45, 7) is -0.0598. The Balaban J connectivity index is 1.52. The van der Waals surface area contributed by atoms with Crippen LogP contribution in [-0.4, -0.2) is 12.5 Å². The molecule has 0 fully saturated rings. The number of carbonyl (C=O) groups is 1. The highest BCUT2D eigenvalue weighted by atomic mass is 19.1. The van der Waals surface area contributed by atoms with Gasteiger partial charge in [-0.15, -0.1) is 0 Å². The molecular formula is C20H16F2N2O2. The minimum atomic E-state index is -0.819. The van der Waals surface area contributed by atoms with Gasteiger partial charge < -0.3 is 15.4 Å². The van der Waals surface area contributed by atoms with Crippen LogP contribution in [0.2, 0.25) is 0 Å². The van der Waals surface area contributed by atoms with Crippen molar-refractivity contribution >= 4 is 17.3 Å². The van der Waals surface area contributed by atoms with E-state index in [2.05, 4.69) is 10.6 Å². The fourth-order valence-corrected chi connectivity index (χ4v) is 2.23. The van der Waals surface area contributed by atoms with E-state index in [0.717, 1.165) is 11.8 Å². The van der Waals surface area contributed by atoms with Gasteiger partial charge in [0.05, 0.1) is 12.2 Å². The summed E-state index contributed by atoms with van der Waals surface area (Å²) in [6.07, 6.45) is 0. The SMILES string of the molecule is O=C(CNc1ccc(Oc2ccccc2)cc1)Nc1ccc(F)cc1F. The van der Waals surface area contributed by atoms with E-state index in [9.17, 15) is 13.6 Å². The molecule has 2 N–H and O–H groups in total. The molecule has 3 rings (SSSR count). The second-order valence-electron chi connectivity index (χ2n) is 5.47. The standard InChI is InChI=1S/C20H16F2N2O2/c21-14-6-11-19(18(22)12-14)24-20(25)13-23-15-7-9-17(10-8-15)26-16-4-2-1-3-5-16/h1-12,23H,13H2,(H,24,25). The average molecular weight is 354 g/mol. The van der Waals surface area contributed by atoms with Gasteiger partial charge in [-0.3, -0.25) is 4.79 Å². The molecule has 26 heavy (non-hydrogen) atoms. The molecule has 0 aliphatic rings. The van der Waals surface area contributed by atoms with Crippen molar-refractivity contribution in [2.45, 2.75) is 0 Å². The Labute approximate surface area is 149 Å². The molecule has 0 aliphatic carbocycles. The Morgan fingerprint density at radius 1 is 0.885 bits per heavy atom. The zero-order chi connectivity index (χ0) is 18.4. The molecule has 1 amide bonds. The van der Waals surface area contributed by atoms with Crippen molar-refractivity contribution < 1.29 is 18.3 Å². The molecule has 0 saturated carbocycles. The minimum absolute atomic E-state index is 0.0598. The molecule has 0 saturated heterocycles. The van der Waals surface area contributed by atoms with Gasteiger partial charge in [0.25, 0.3) is 0 Å². The summed E-state index contributed by atoms with van der Waals surface area (Å²) in [6, 6.07) is 19.4. The van der Waals surface area contributed by atoms with Gasteiger partial charge in [-0.05, 0) is 48.5 Å². The number of nitrogens with one attached hydrogen (secondary N) is 2. The van der Waals surface area contributed by atoms with Gasteiger partial charge >= 0.3 is 0 Å². The van der Waals surface area contributed by atoms with Crippen LogP contribution >= 0.6 is 0 Å². The molecule has 0 radical (unpaired) electrons. The smallest absolute Gasteiger partial charge is 0.243 e. The molecule has 0 bridgehead atoms. The maximum absolute atomic E-state index is 13.5. The molecule has 0 heterocycles. The van der Waals surface area contributed by atoms with Gasteiger partial charge in [0.2, 0.25) is 5.91 Å².